The summed E-state index contributed by atoms with van der Waals surface area (Å²) in [6.07, 6.45) is 1.61. The lowest BCUT2D eigenvalue weighted by Gasteiger charge is -2.18. The van der Waals surface area contributed by atoms with E-state index >= 15 is 0 Å². The highest BCUT2D eigenvalue weighted by Gasteiger charge is 2.20. The van der Waals surface area contributed by atoms with E-state index in [1.54, 1.807) is 48.7 Å². The van der Waals surface area contributed by atoms with Crippen LogP contribution in [0, 0.1) is 0 Å². The number of esters is 1. The Balaban J connectivity index is 2.21. The lowest BCUT2D eigenvalue weighted by molar-refractivity contribution is -0.141. The van der Waals surface area contributed by atoms with E-state index in [9.17, 15) is 13.8 Å². The van der Waals surface area contributed by atoms with E-state index in [1.165, 1.54) is 7.11 Å². The normalized spacial score (nSPS) is 12.9. The molecule has 2 aromatic rings. The molecule has 0 bridgehead atoms. The fourth-order valence-corrected chi connectivity index (χ4v) is 3.25. The first-order valence-corrected chi connectivity index (χ1v) is 10.0. The quantitative estimate of drug-likeness (QED) is 0.733. The van der Waals surface area contributed by atoms with Crippen molar-refractivity contribution in [2.45, 2.75) is 18.2 Å². The van der Waals surface area contributed by atoms with Gasteiger partial charge < -0.3 is 10.1 Å². The van der Waals surface area contributed by atoms with Crippen LogP contribution in [0.5, 0.6) is 0 Å². The van der Waals surface area contributed by atoms with Crippen LogP contribution >= 0.6 is 11.6 Å². The highest BCUT2D eigenvalue weighted by Crippen LogP contribution is 2.21. The highest BCUT2D eigenvalue weighted by atomic mass is 35.5. The van der Waals surface area contributed by atoms with Crippen molar-refractivity contribution in [3.8, 4) is 0 Å². The van der Waals surface area contributed by atoms with Gasteiger partial charge in [-0.1, -0.05) is 35.9 Å². The molecular weight excluding hydrogens is 374 g/mol. The molecule has 2 rings (SSSR count). The molecule has 5 nitrogen and oxygen atoms in total. The number of carbonyl (C=O) groups excluding carboxylic acids is 2. The van der Waals surface area contributed by atoms with E-state index in [1.807, 2.05) is 6.07 Å². The van der Waals surface area contributed by atoms with Crippen molar-refractivity contribution in [1.29, 1.82) is 0 Å². The molecular formula is C19H20ClNO4S. The zero-order chi connectivity index (χ0) is 19.1. The summed E-state index contributed by atoms with van der Waals surface area (Å²) in [6.45, 7) is 0. The molecule has 0 fully saturated rings. The Bertz CT molecular complexity index is 807. The summed E-state index contributed by atoms with van der Waals surface area (Å²) in [7, 11) is 0.308. The van der Waals surface area contributed by atoms with E-state index in [-0.39, 0.29) is 12.3 Å². The largest absolute Gasteiger partial charge is 0.469 e. The Morgan fingerprint density at radius 2 is 1.88 bits per heavy atom. The van der Waals surface area contributed by atoms with Gasteiger partial charge in [0.05, 0.1) is 19.6 Å². The first-order chi connectivity index (χ1) is 12.4. The van der Waals surface area contributed by atoms with Crippen LogP contribution in [0.15, 0.2) is 48.5 Å². The third-order valence-corrected chi connectivity index (χ3v) is 4.73. The van der Waals surface area contributed by atoms with Crippen LogP contribution in [0.3, 0.4) is 0 Å². The van der Waals surface area contributed by atoms with Crippen molar-refractivity contribution in [2.75, 3.05) is 13.4 Å². The van der Waals surface area contributed by atoms with Crippen LogP contribution in [-0.2, 0) is 26.1 Å². The molecule has 0 radical (unpaired) electrons. The Labute approximate surface area is 160 Å². The van der Waals surface area contributed by atoms with Crippen molar-refractivity contribution < 1.29 is 18.5 Å². The molecule has 0 heterocycles. The van der Waals surface area contributed by atoms with E-state index in [0.29, 0.717) is 16.3 Å². The summed E-state index contributed by atoms with van der Waals surface area (Å²) in [4.78, 5) is 24.4. The maximum Gasteiger partial charge on any atom is 0.307 e. The third kappa shape index (κ3) is 5.97. The lowest BCUT2D eigenvalue weighted by Crippen LogP contribution is -2.30. The molecule has 7 heteroatoms. The number of halogens is 1. The van der Waals surface area contributed by atoms with Gasteiger partial charge in [-0.3, -0.25) is 13.8 Å². The molecule has 0 aliphatic rings. The van der Waals surface area contributed by atoms with Crippen LogP contribution in [-0.4, -0.2) is 29.5 Å². The standard InChI is InChI=1S/C19H20ClNO4S/c1-25-18(22)11-17(14-6-8-16(20)9-7-14)21-19(23)15-5-3-4-13(10-15)12-26(2)24/h3-10,17H,11-12H2,1-2H3,(H,21,23). The molecule has 1 amide bonds. The Morgan fingerprint density at radius 1 is 1.19 bits per heavy atom. The molecule has 0 aliphatic carbocycles. The van der Waals surface area contributed by atoms with Crippen molar-refractivity contribution in [1.82, 2.24) is 5.32 Å². The minimum Gasteiger partial charge on any atom is -0.469 e. The fourth-order valence-electron chi connectivity index (χ4n) is 2.48. The van der Waals surface area contributed by atoms with E-state index in [4.69, 9.17) is 16.3 Å². The van der Waals surface area contributed by atoms with Gasteiger partial charge in [0.15, 0.2) is 0 Å². The van der Waals surface area contributed by atoms with Gasteiger partial charge in [-0.05, 0) is 35.4 Å². The summed E-state index contributed by atoms with van der Waals surface area (Å²) >= 11 is 5.91. The number of carbonyl (C=O) groups is 2. The average molecular weight is 394 g/mol. The van der Waals surface area contributed by atoms with Gasteiger partial charge in [-0.15, -0.1) is 0 Å². The van der Waals surface area contributed by atoms with Gasteiger partial charge in [0.1, 0.15) is 0 Å². The molecule has 0 spiro atoms. The number of nitrogens with one attached hydrogen (secondary N) is 1. The fraction of sp³-hybridized carbons (Fsp3) is 0.263. The zero-order valence-corrected chi connectivity index (χ0v) is 16.1. The number of ether oxygens (including phenoxy) is 1. The van der Waals surface area contributed by atoms with Crippen molar-refractivity contribution in [3.05, 3.63) is 70.2 Å². The van der Waals surface area contributed by atoms with Gasteiger partial charge in [0.2, 0.25) is 0 Å². The maximum atomic E-state index is 12.6. The smallest absolute Gasteiger partial charge is 0.307 e. The van der Waals surface area contributed by atoms with Crippen molar-refractivity contribution in [2.24, 2.45) is 0 Å². The van der Waals surface area contributed by atoms with Gasteiger partial charge in [0.25, 0.3) is 5.91 Å². The molecule has 0 saturated carbocycles. The minimum absolute atomic E-state index is 0.00252. The van der Waals surface area contributed by atoms with Gasteiger partial charge >= 0.3 is 5.97 Å². The van der Waals surface area contributed by atoms with Gasteiger partial charge in [0, 0.05) is 33.4 Å². The zero-order valence-electron chi connectivity index (χ0n) is 14.5. The molecule has 1 N–H and O–H groups in total. The second-order valence-corrected chi connectivity index (χ2v) is 7.65. The SMILES string of the molecule is COC(=O)CC(NC(=O)c1cccc(CS(C)=O)c1)c1ccc(Cl)cc1. The number of amides is 1. The molecule has 0 saturated heterocycles. The summed E-state index contributed by atoms with van der Waals surface area (Å²) in [5.74, 6) is -0.373. The van der Waals surface area contributed by atoms with Crippen LogP contribution in [0.4, 0.5) is 0 Å². The predicted octanol–water partition coefficient (Wildman–Crippen LogP) is 3.25. The third-order valence-electron chi connectivity index (χ3n) is 3.74. The molecule has 26 heavy (non-hydrogen) atoms. The topological polar surface area (TPSA) is 72.5 Å². The van der Waals surface area contributed by atoms with E-state index < -0.39 is 22.8 Å². The molecule has 0 aliphatic heterocycles. The minimum atomic E-state index is -0.995. The summed E-state index contributed by atoms with van der Waals surface area (Å²) in [5, 5.41) is 3.42. The highest BCUT2D eigenvalue weighted by molar-refractivity contribution is 7.83. The van der Waals surface area contributed by atoms with Crippen molar-refractivity contribution in [3.63, 3.8) is 0 Å². The van der Waals surface area contributed by atoms with Crippen LogP contribution < -0.4 is 5.32 Å². The number of rotatable bonds is 7. The Morgan fingerprint density at radius 3 is 2.50 bits per heavy atom. The van der Waals surface area contributed by atoms with Gasteiger partial charge in [-0.25, -0.2) is 0 Å². The monoisotopic (exact) mass is 393 g/mol. The predicted molar refractivity (Wildman–Crippen MR) is 103 cm³/mol. The second-order valence-electron chi connectivity index (χ2n) is 5.78. The first kappa shape index (κ1) is 20.1. The van der Waals surface area contributed by atoms with Crippen LogP contribution in [0.25, 0.3) is 0 Å². The summed E-state index contributed by atoms with van der Waals surface area (Å²) < 4.78 is 16.1. The lowest BCUT2D eigenvalue weighted by atomic mass is 10.0. The van der Waals surface area contributed by atoms with Crippen LogP contribution in [0.2, 0.25) is 5.02 Å². The van der Waals surface area contributed by atoms with E-state index in [2.05, 4.69) is 5.32 Å². The molecule has 2 aromatic carbocycles. The molecule has 0 aromatic heterocycles. The molecule has 2 atom stereocenters. The maximum absolute atomic E-state index is 12.6. The van der Waals surface area contributed by atoms with Crippen LogP contribution in [0.1, 0.15) is 33.9 Å². The summed E-state index contributed by atoms with van der Waals surface area (Å²) in [5.41, 5.74) is 2.00. The number of methoxy groups -OCH3 is 1. The number of hydrogen-bond acceptors (Lipinski definition) is 4. The van der Waals surface area contributed by atoms with Gasteiger partial charge in [-0.2, -0.15) is 0 Å². The number of benzene rings is 2. The average Bonchev–Trinajstić information content (AvgIpc) is 2.61. The molecule has 138 valence electrons. The summed E-state index contributed by atoms with van der Waals surface area (Å²) in [6, 6.07) is 13.3. The Kier molecular flexibility index (Phi) is 7.36. The number of hydrogen-bond donors (Lipinski definition) is 1. The van der Waals surface area contributed by atoms with Crippen molar-refractivity contribution >= 4 is 34.3 Å². The first-order valence-electron chi connectivity index (χ1n) is 7.91. The Hall–Kier alpha value is -2.18. The molecule has 2 unspecified atom stereocenters. The van der Waals surface area contributed by atoms with E-state index in [0.717, 1.165) is 11.1 Å². The second kappa shape index (κ2) is 9.50.